The number of nitro groups is 1. The first-order valence-electron chi connectivity index (χ1n) is 10.8. The molecular weight excluding hydrogens is 446 g/mol. The molecule has 2 heterocycles. The number of aliphatic hydroxyl groups excluding tert-OH is 2. The van der Waals surface area contributed by atoms with Gasteiger partial charge >= 0.3 is 0 Å². The predicted octanol–water partition coefficient (Wildman–Crippen LogP) is 1.96. The Hall–Kier alpha value is -2.99. The molecule has 0 spiro atoms. The van der Waals surface area contributed by atoms with Crippen molar-refractivity contribution in [3.8, 4) is 5.75 Å². The number of amides is 1. The van der Waals surface area contributed by atoms with Gasteiger partial charge in [0, 0.05) is 18.7 Å². The van der Waals surface area contributed by atoms with E-state index in [0.29, 0.717) is 11.3 Å². The Morgan fingerprint density at radius 1 is 1.41 bits per heavy atom. The number of hydrogen-bond donors (Lipinski definition) is 3. The zero-order chi connectivity index (χ0) is 25.2. The van der Waals surface area contributed by atoms with Crippen molar-refractivity contribution in [2.24, 2.45) is 5.41 Å². The fourth-order valence-corrected chi connectivity index (χ4v) is 4.01. The second-order valence-corrected chi connectivity index (χ2v) is 9.32. The highest BCUT2D eigenvalue weighted by Crippen LogP contribution is 2.42. The number of nitrogens with zero attached hydrogens (tertiary/aromatic N) is 2. The van der Waals surface area contributed by atoms with Crippen LogP contribution < -0.4 is 10.1 Å². The van der Waals surface area contributed by atoms with E-state index in [1.54, 1.807) is 11.0 Å². The quantitative estimate of drug-likeness (QED) is 0.378. The van der Waals surface area contributed by atoms with Gasteiger partial charge in [-0.15, -0.1) is 0 Å². The number of nitrogens with one attached hydrogen (secondary N) is 1. The molecule has 1 amide bonds. The van der Waals surface area contributed by atoms with Gasteiger partial charge in [0.05, 0.1) is 48.6 Å². The lowest BCUT2D eigenvalue weighted by atomic mass is 9.83. The number of rotatable bonds is 8. The fraction of sp³-hybridized carbons (Fsp3) is 0.522. The maximum atomic E-state index is 12.6. The van der Waals surface area contributed by atoms with Gasteiger partial charge in [-0.3, -0.25) is 14.9 Å². The highest BCUT2D eigenvalue weighted by Gasteiger charge is 2.39. The first kappa shape index (κ1) is 25.6. The Kier molecular flexibility index (Phi) is 7.61. The second kappa shape index (κ2) is 10.1. The summed E-state index contributed by atoms with van der Waals surface area (Å²) in [6.45, 7) is 8.99. The van der Waals surface area contributed by atoms with Crippen molar-refractivity contribution < 1.29 is 34.1 Å². The summed E-state index contributed by atoms with van der Waals surface area (Å²) in [6.07, 6.45) is -1.22. The van der Waals surface area contributed by atoms with Gasteiger partial charge < -0.3 is 34.6 Å². The molecule has 34 heavy (non-hydrogen) atoms. The summed E-state index contributed by atoms with van der Waals surface area (Å²) in [5.41, 5.74) is -0.0824. The molecule has 0 bridgehead atoms. The molecule has 1 saturated heterocycles. The van der Waals surface area contributed by atoms with E-state index in [0.717, 1.165) is 0 Å². The van der Waals surface area contributed by atoms with Gasteiger partial charge in [0.1, 0.15) is 23.9 Å². The molecular formula is C23H31N3O8. The number of carbonyl (C=O) groups excluding carboxylic acids is 1. The van der Waals surface area contributed by atoms with Crippen LogP contribution >= 0.6 is 0 Å². The molecule has 1 aromatic rings. The van der Waals surface area contributed by atoms with E-state index in [9.17, 15) is 25.1 Å². The summed E-state index contributed by atoms with van der Waals surface area (Å²) in [6, 6.07) is 4.45. The zero-order valence-electron chi connectivity index (χ0n) is 19.7. The van der Waals surface area contributed by atoms with Crippen molar-refractivity contribution in [2.75, 3.05) is 20.3 Å². The fourth-order valence-electron chi connectivity index (χ4n) is 4.01. The Bertz CT molecular complexity index is 987. The largest absolute Gasteiger partial charge is 0.497 e. The molecule has 2 aliphatic rings. The van der Waals surface area contributed by atoms with Crippen LogP contribution in [0.2, 0.25) is 0 Å². The molecule has 4 atom stereocenters. The van der Waals surface area contributed by atoms with Crippen LogP contribution in [0.15, 0.2) is 42.4 Å². The second-order valence-electron chi connectivity index (χ2n) is 9.32. The van der Waals surface area contributed by atoms with Gasteiger partial charge in [0.25, 0.3) is 11.6 Å². The SMILES string of the molecule is C=C1NC(=O)C(CO[C@H](c2cc(OC)ccc2[N+](=O)[O-])C(C)(C)C)=CN1[C@H]1CC(O)[C@@H](CO)O1. The van der Waals surface area contributed by atoms with Crippen LogP contribution in [0, 0.1) is 15.5 Å². The van der Waals surface area contributed by atoms with Gasteiger partial charge in [-0.2, -0.15) is 0 Å². The average molecular weight is 478 g/mol. The van der Waals surface area contributed by atoms with E-state index >= 15 is 0 Å². The summed E-state index contributed by atoms with van der Waals surface area (Å²) in [5, 5.41) is 33.7. The van der Waals surface area contributed by atoms with E-state index in [2.05, 4.69) is 11.9 Å². The summed E-state index contributed by atoms with van der Waals surface area (Å²) >= 11 is 0. The third-order valence-corrected chi connectivity index (χ3v) is 5.76. The van der Waals surface area contributed by atoms with Gasteiger partial charge in [-0.1, -0.05) is 27.4 Å². The molecule has 3 N–H and O–H groups in total. The Balaban J connectivity index is 1.88. The lowest BCUT2D eigenvalue weighted by Crippen LogP contribution is -2.44. The average Bonchev–Trinajstić information content (AvgIpc) is 3.14. The Morgan fingerprint density at radius 2 is 2.12 bits per heavy atom. The van der Waals surface area contributed by atoms with E-state index in [1.165, 1.54) is 25.4 Å². The Morgan fingerprint density at radius 3 is 2.68 bits per heavy atom. The minimum absolute atomic E-state index is 0.110. The van der Waals surface area contributed by atoms with Crippen LogP contribution in [0.5, 0.6) is 5.75 Å². The smallest absolute Gasteiger partial charge is 0.275 e. The van der Waals surface area contributed by atoms with Crippen molar-refractivity contribution in [1.82, 2.24) is 10.2 Å². The molecule has 0 aliphatic carbocycles. The molecule has 0 radical (unpaired) electrons. The lowest BCUT2D eigenvalue weighted by molar-refractivity contribution is -0.386. The van der Waals surface area contributed by atoms with Gasteiger partial charge in [0.2, 0.25) is 0 Å². The molecule has 186 valence electrons. The molecule has 1 unspecified atom stereocenters. The normalized spacial score (nSPS) is 24.0. The van der Waals surface area contributed by atoms with E-state index < -0.39 is 40.8 Å². The van der Waals surface area contributed by atoms with Crippen molar-refractivity contribution in [2.45, 2.75) is 51.7 Å². The monoisotopic (exact) mass is 477 g/mol. The third kappa shape index (κ3) is 5.39. The van der Waals surface area contributed by atoms with Crippen LogP contribution in [-0.2, 0) is 14.3 Å². The number of hydrogen-bond acceptors (Lipinski definition) is 9. The van der Waals surface area contributed by atoms with Crippen LogP contribution in [-0.4, -0.2) is 64.7 Å². The highest BCUT2D eigenvalue weighted by atomic mass is 16.6. The van der Waals surface area contributed by atoms with Crippen LogP contribution in [0.4, 0.5) is 5.69 Å². The van der Waals surface area contributed by atoms with Gasteiger partial charge in [-0.05, 0) is 17.5 Å². The van der Waals surface area contributed by atoms with E-state index in [-0.39, 0.29) is 36.7 Å². The third-order valence-electron chi connectivity index (χ3n) is 5.76. The molecule has 0 aromatic heterocycles. The first-order valence-corrected chi connectivity index (χ1v) is 10.8. The number of methoxy groups -OCH3 is 1. The van der Waals surface area contributed by atoms with Crippen molar-refractivity contribution in [3.05, 3.63) is 58.0 Å². The summed E-state index contributed by atoms with van der Waals surface area (Å²) in [7, 11) is 1.47. The molecule has 2 aliphatic heterocycles. The maximum Gasteiger partial charge on any atom is 0.275 e. The minimum Gasteiger partial charge on any atom is -0.497 e. The first-order chi connectivity index (χ1) is 16.0. The van der Waals surface area contributed by atoms with Crippen molar-refractivity contribution in [1.29, 1.82) is 0 Å². The minimum atomic E-state index is -0.854. The number of benzene rings is 1. The van der Waals surface area contributed by atoms with Gasteiger partial charge in [0.15, 0.2) is 0 Å². The number of aliphatic hydroxyl groups is 2. The van der Waals surface area contributed by atoms with Crippen LogP contribution in [0.25, 0.3) is 0 Å². The number of nitro benzene ring substituents is 1. The highest BCUT2D eigenvalue weighted by molar-refractivity contribution is 5.95. The summed E-state index contributed by atoms with van der Waals surface area (Å²) < 4.78 is 17.1. The maximum absolute atomic E-state index is 12.6. The molecule has 11 nitrogen and oxygen atoms in total. The predicted molar refractivity (Wildman–Crippen MR) is 121 cm³/mol. The van der Waals surface area contributed by atoms with E-state index in [4.69, 9.17) is 14.2 Å². The molecule has 0 saturated carbocycles. The van der Waals surface area contributed by atoms with Crippen LogP contribution in [0.3, 0.4) is 0 Å². The summed E-state index contributed by atoms with van der Waals surface area (Å²) in [4.78, 5) is 25.4. The standard InChI is InChI=1S/C23H31N3O8/c1-13-24-22(29)14(10-25(13)20-9-18(28)19(11-27)34-20)12-33-21(23(2,3)4)16-8-15(32-5)6-7-17(16)26(30)31/h6-8,10,18-21,27-28H,1,9,11-12H2,2-5H3,(H,24,29)/t18?,19-,20-,21-/m1/s1. The van der Waals surface area contributed by atoms with Crippen molar-refractivity contribution >= 4 is 11.6 Å². The van der Waals surface area contributed by atoms with Crippen molar-refractivity contribution in [3.63, 3.8) is 0 Å². The van der Waals surface area contributed by atoms with Gasteiger partial charge in [-0.25, -0.2) is 0 Å². The molecule has 1 fully saturated rings. The number of ether oxygens (including phenoxy) is 3. The zero-order valence-corrected chi connectivity index (χ0v) is 19.7. The number of carbonyl (C=O) groups is 1. The molecule has 11 heteroatoms. The summed E-state index contributed by atoms with van der Waals surface area (Å²) in [5.74, 6) is 0.289. The van der Waals surface area contributed by atoms with Crippen LogP contribution in [0.1, 0.15) is 38.9 Å². The van der Waals surface area contributed by atoms with E-state index in [1.807, 2.05) is 20.8 Å². The Labute approximate surface area is 197 Å². The lowest BCUT2D eigenvalue weighted by Gasteiger charge is -2.35. The topological polar surface area (TPSA) is 144 Å². The molecule has 3 rings (SSSR count). The molecule has 1 aromatic carbocycles.